The number of carboxylic acid groups (broad SMARTS) is 1. The molecule has 0 aromatic heterocycles. The summed E-state index contributed by atoms with van der Waals surface area (Å²) in [5.74, 6) is 1.28. The summed E-state index contributed by atoms with van der Waals surface area (Å²) >= 11 is 7.58. The van der Waals surface area contributed by atoms with Crippen molar-refractivity contribution in [2.24, 2.45) is 11.7 Å². The smallest absolute Gasteiger partial charge is 0.326 e. The fourth-order valence-electron chi connectivity index (χ4n) is 3.58. The molecule has 30 heavy (non-hydrogen) atoms. The van der Waals surface area contributed by atoms with Crippen molar-refractivity contribution in [1.29, 1.82) is 0 Å². The highest BCUT2D eigenvalue weighted by atomic mass is 32.2. The first kappa shape index (κ1) is 27.9. The van der Waals surface area contributed by atoms with Crippen LogP contribution in [0.3, 0.4) is 0 Å². The van der Waals surface area contributed by atoms with E-state index in [1.807, 2.05) is 6.26 Å². The minimum atomic E-state index is -0.979. The molecule has 5 atom stereocenters. The molecule has 7 nitrogen and oxygen atoms in total. The molecule has 176 valence electrons. The summed E-state index contributed by atoms with van der Waals surface area (Å²) in [7, 11) is 0. The molecule has 1 fully saturated rings. The topological polar surface area (TPSA) is 108 Å². The maximum absolute atomic E-state index is 13.2. The molecule has 1 unspecified atom stereocenters. The van der Waals surface area contributed by atoms with Gasteiger partial charge in [0.15, 0.2) is 0 Å². The molecule has 1 aliphatic rings. The molecule has 1 aliphatic heterocycles. The van der Waals surface area contributed by atoms with Crippen LogP contribution in [-0.4, -0.2) is 87.5 Å². The van der Waals surface area contributed by atoms with Gasteiger partial charge in [-0.15, -0.1) is 11.8 Å². The molecule has 0 aromatic rings. The normalized spacial score (nSPS) is 23.0. The monoisotopic (exact) mass is 480 g/mol. The van der Waals surface area contributed by atoms with Crippen LogP contribution < -0.4 is 16.4 Å². The first-order valence-electron chi connectivity index (χ1n) is 10.6. The number of aliphatic carboxylic acids is 1. The highest BCUT2D eigenvalue weighted by molar-refractivity contribution is 8.00. The lowest BCUT2D eigenvalue weighted by atomic mass is 9.95. The molecule has 1 saturated heterocycles. The zero-order valence-corrected chi connectivity index (χ0v) is 21.4. The Morgan fingerprint density at radius 1 is 1.43 bits per heavy atom. The van der Waals surface area contributed by atoms with Gasteiger partial charge in [-0.25, -0.2) is 4.79 Å². The maximum Gasteiger partial charge on any atom is 0.326 e. The first-order chi connectivity index (χ1) is 14.1. The number of rotatable bonds is 14. The minimum absolute atomic E-state index is 0.0175. The standard InChI is InChI=1S/C20H40N4O3S3/c1-6-13(2)16(22-9-14(21)11-28)10-24-12-30-20(3,4)17(24)18(25)23-15(19(26)27)7-8-29-5/h13-17,22,28H,6-12,21H2,1-5H3,(H,23,25)(H,26,27)/t13?,14-,15+,16-,17-/m1/s1. The van der Waals surface area contributed by atoms with Crippen LogP contribution in [-0.2, 0) is 9.59 Å². The number of nitrogens with zero attached hydrogens (tertiary/aromatic N) is 1. The van der Waals surface area contributed by atoms with Gasteiger partial charge in [0.25, 0.3) is 0 Å². The Bertz CT molecular complexity index is 553. The summed E-state index contributed by atoms with van der Waals surface area (Å²) in [6, 6.07) is -1.07. The molecule has 5 N–H and O–H groups in total. The Labute approximate surface area is 195 Å². The zero-order valence-electron chi connectivity index (χ0n) is 18.9. The van der Waals surface area contributed by atoms with Gasteiger partial charge in [-0.2, -0.15) is 24.4 Å². The van der Waals surface area contributed by atoms with Crippen molar-refractivity contribution >= 4 is 48.0 Å². The van der Waals surface area contributed by atoms with Gasteiger partial charge in [-0.3, -0.25) is 9.69 Å². The SMILES string of the molecule is CCC(C)[C@@H](CN1CSC(C)(C)[C@H]1C(=O)N[C@@H](CCSC)C(=O)O)NC[C@@H](N)CS. The lowest BCUT2D eigenvalue weighted by Crippen LogP contribution is -2.58. The van der Waals surface area contributed by atoms with Gasteiger partial charge in [0.1, 0.15) is 12.1 Å². The van der Waals surface area contributed by atoms with E-state index in [9.17, 15) is 14.7 Å². The van der Waals surface area contributed by atoms with Crippen LogP contribution in [0.4, 0.5) is 0 Å². The van der Waals surface area contributed by atoms with E-state index in [1.165, 1.54) is 0 Å². The van der Waals surface area contributed by atoms with Crippen molar-refractivity contribution in [3.63, 3.8) is 0 Å². The maximum atomic E-state index is 13.2. The van der Waals surface area contributed by atoms with Gasteiger partial charge in [0, 0.05) is 41.5 Å². The third-order valence-electron chi connectivity index (χ3n) is 5.74. The molecule has 0 aliphatic carbocycles. The summed E-state index contributed by atoms with van der Waals surface area (Å²) < 4.78 is -0.297. The van der Waals surface area contributed by atoms with Crippen LogP contribution in [0.5, 0.6) is 0 Å². The van der Waals surface area contributed by atoms with E-state index in [4.69, 9.17) is 5.73 Å². The lowest BCUT2D eigenvalue weighted by molar-refractivity contribution is -0.142. The van der Waals surface area contributed by atoms with Gasteiger partial charge in [-0.05, 0) is 38.2 Å². The molecule has 1 rings (SSSR count). The minimum Gasteiger partial charge on any atom is -0.480 e. The molecule has 10 heteroatoms. The molecule has 0 aromatic carbocycles. The number of nitrogens with one attached hydrogen (secondary N) is 2. The molecule has 0 bridgehead atoms. The number of hydrogen-bond donors (Lipinski definition) is 5. The van der Waals surface area contributed by atoms with Crippen LogP contribution in [0.15, 0.2) is 0 Å². The fraction of sp³-hybridized carbons (Fsp3) is 0.900. The molecular weight excluding hydrogens is 440 g/mol. The number of amides is 1. The van der Waals surface area contributed by atoms with E-state index in [0.29, 0.717) is 36.9 Å². The van der Waals surface area contributed by atoms with Crippen LogP contribution in [0.25, 0.3) is 0 Å². The van der Waals surface area contributed by atoms with E-state index < -0.39 is 12.0 Å². The number of thioether (sulfide) groups is 2. The summed E-state index contributed by atoms with van der Waals surface area (Å²) in [6.07, 6.45) is 3.37. The van der Waals surface area contributed by atoms with E-state index in [-0.39, 0.29) is 28.8 Å². The van der Waals surface area contributed by atoms with Gasteiger partial charge >= 0.3 is 5.97 Å². The van der Waals surface area contributed by atoms with Crippen molar-refractivity contribution in [1.82, 2.24) is 15.5 Å². The second-order valence-corrected chi connectivity index (χ2v) is 11.5. The van der Waals surface area contributed by atoms with Crippen molar-refractivity contribution in [3.8, 4) is 0 Å². The van der Waals surface area contributed by atoms with Gasteiger partial charge in [0.05, 0.1) is 0 Å². The zero-order chi connectivity index (χ0) is 22.9. The Kier molecular flexibility index (Phi) is 12.5. The Morgan fingerprint density at radius 3 is 2.63 bits per heavy atom. The second kappa shape index (κ2) is 13.4. The number of hydrogen-bond acceptors (Lipinski definition) is 8. The predicted molar refractivity (Wildman–Crippen MR) is 133 cm³/mol. The number of nitrogens with two attached hydrogens (primary N) is 1. The molecule has 0 radical (unpaired) electrons. The van der Waals surface area contributed by atoms with Crippen molar-refractivity contribution in [3.05, 3.63) is 0 Å². The molecule has 1 amide bonds. The van der Waals surface area contributed by atoms with E-state index in [1.54, 1.807) is 23.5 Å². The van der Waals surface area contributed by atoms with Gasteiger partial charge in [-0.1, -0.05) is 20.3 Å². The Balaban J connectivity index is 2.92. The average molecular weight is 481 g/mol. The highest BCUT2D eigenvalue weighted by Crippen LogP contribution is 2.39. The quantitative estimate of drug-likeness (QED) is 0.239. The van der Waals surface area contributed by atoms with Crippen LogP contribution in [0, 0.1) is 5.92 Å². The average Bonchev–Trinajstić information content (AvgIpc) is 3.00. The number of thiol groups is 1. The summed E-state index contributed by atoms with van der Waals surface area (Å²) in [4.78, 5) is 27.0. The highest BCUT2D eigenvalue weighted by Gasteiger charge is 2.47. The summed E-state index contributed by atoms with van der Waals surface area (Å²) in [5, 5.41) is 15.9. The summed E-state index contributed by atoms with van der Waals surface area (Å²) in [6.45, 7) is 9.87. The first-order valence-corrected chi connectivity index (χ1v) is 13.6. The Hall–Kier alpha value is -0.130. The van der Waals surface area contributed by atoms with Gasteiger partial charge in [0.2, 0.25) is 5.91 Å². The Morgan fingerprint density at radius 2 is 2.10 bits per heavy atom. The van der Waals surface area contributed by atoms with Crippen molar-refractivity contribution in [2.45, 2.75) is 69.5 Å². The fourth-order valence-corrected chi connectivity index (χ4v) is 5.34. The molecular formula is C20H40N4O3S3. The largest absolute Gasteiger partial charge is 0.480 e. The van der Waals surface area contributed by atoms with E-state index in [2.05, 4.69) is 55.9 Å². The van der Waals surface area contributed by atoms with Crippen LogP contribution in [0.1, 0.15) is 40.5 Å². The van der Waals surface area contributed by atoms with Crippen LogP contribution in [0.2, 0.25) is 0 Å². The van der Waals surface area contributed by atoms with Crippen molar-refractivity contribution in [2.75, 3.05) is 36.7 Å². The molecule has 0 spiro atoms. The predicted octanol–water partition coefficient (Wildman–Crippen LogP) is 1.72. The lowest BCUT2D eigenvalue weighted by Gasteiger charge is -2.35. The number of carboxylic acids is 1. The molecule has 1 heterocycles. The molecule has 0 saturated carbocycles. The number of carbonyl (C=O) groups is 2. The van der Waals surface area contributed by atoms with Gasteiger partial charge < -0.3 is 21.5 Å². The second-order valence-electron chi connectivity index (χ2n) is 8.57. The van der Waals surface area contributed by atoms with E-state index in [0.717, 1.165) is 12.3 Å². The number of carbonyl (C=O) groups excluding carboxylic acids is 1. The summed E-state index contributed by atoms with van der Waals surface area (Å²) in [5.41, 5.74) is 6.03. The third kappa shape index (κ3) is 8.43. The third-order valence-corrected chi connectivity index (χ3v) is 8.28. The van der Waals surface area contributed by atoms with Crippen LogP contribution >= 0.6 is 36.2 Å². The van der Waals surface area contributed by atoms with Crippen molar-refractivity contribution < 1.29 is 14.7 Å². The van der Waals surface area contributed by atoms with E-state index >= 15 is 0 Å².